The molecule has 16 heavy (non-hydrogen) atoms. The van der Waals surface area contributed by atoms with Gasteiger partial charge in [-0.05, 0) is 26.9 Å². The molecule has 2 rings (SSSR count). The standard InChI is InChI=1S/C12H21N3S/c1-15(2)7-4-11-14-10(8-16-11)12(9-13)5-3-6-12/h8H,3-7,9,13H2,1-2H3. The second-order valence-electron chi connectivity index (χ2n) is 5.02. The van der Waals surface area contributed by atoms with Crippen molar-refractivity contribution < 1.29 is 0 Å². The summed E-state index contributed by atoms with van der Waals surface area (Å²) in [5.74, 6) is 0. The Morgan fingerprint density at radius 3 is 2.75 bits per heavy atom. The summed E-state index contributed by atoms with van der Waals surface area (Å²) < 4.78 is 0. The summed E-state index contributed by atoms with van der Waals surface area (Å²) in [5.41, 5.74) is 7.37. The minimum absolute atomic E-state index is 0.229. The highest BCUT2D eigenvalue weighted by Crippen LogP contribution is 2.42. The average Bonchev–Trinajstić information content (AvgIpc) is 2.63. The van der Waals surface area contributed by atoms with Gasteiger partial charge in [0.2, 0.25) is 0 Å². The molecule has 0 aliphatic heterocycles. The monoisotopic (exact) mass is 239 g/mol. The van der Waals surface area contributed by atoms with Gasteiger partial charge >= 0.3 is 0 Å². The van der Waals surface area contributed by atoms with Crippen LogP contribution in [0.15, 0.2) is 5.38 Å². The van der Waals surface area contributed by atoms with E-state index in [1.54, 1.807) is 11.3 Å². The van der Waals surface area contributed by atoms with Crippen LogP contribution in [0.3, 0.4) is 0 Å². The highest BCUT2D eigenvalue weighted by Gasteiger charge is 2.39. The van der Waals surface area contributed by atoms with Gasteiger partial charge in [-0.3, -0.25) is 0 Å². The highest BCUT2D eigenvalue weighted by molar-refractivity contribution is 7.09. The van der Waals surface area contributed by atoms with Crippen LogP contribution in [0.1, 0.15) is 30.0 Å². The Balaban J connectivity index is 2.01. The van der Waals surface area contributed by atoms with Crippen molar-refractivity contribution in [2.45, 2.75) is 31.1 Å². The lowest BCUT2D eigenvalue weighted by atomic mass is 9.67. The molecule has 1 heterocycles. The lowest BCUT2D eigenvalue weighted by Gasteiger charge is -2.39. The molecule has 0 spiro atoms. The Hall–Kier alpha value is -0.450. The van der Waals surface area contributed by atoms with Crippen LogP contribution in [0.2, 0.25) is 0 Å². The third-order valence-corrected chi connectivity index (χ3v) is 4.48. The van der Waals surface area contributed by atoms with Gasteiger partial charge in [0.15, 0.2) is 0 Å². The van der Waals surface area contributed by atoms with Crippen molar-refractivity contribution in [3.63, 3.8) is 0 Å². The molecule has 3 nitrogen and oxygen atoms in total. The molecule has 0 aromatic carbocycles. The molecule has 1 aliphatic rings. The zero-order valence-electron chi connectivity index (χ0n) is 10.2. The second kappa shape index (κ2) is 4.82. The quantitative estimate of drug-likeness (QED) is 0.849. The number of hydrogen-bond donors (Lipinski definition) is 1. The Morgan fingerprint density at radius 1 is 1.50 bits per heavy atom. The summed E-state index contributed by atoms with van der Waals surface area (Å²) in [6.45, 7) is 1.83. The fraction of sp³-hybridized carbons (Fsp3) is 0.750. The maximum atomic E-state index is 5.89. The van der Waals surface area contributed by atoms with Gasteiger partial charge in [-0.1, -0.05) is 6.42 Å². The molecule has 1 fully saturated rings. The molecule has 0 bridgehead atoms. The van der Waals surface area contributed by atoms with Crippen molar-refractivity contribution in [3.8, 4) is 0 Å². The molecule has 0 amide bonds. The van der Waals surface area contributed by atoms with E-state index in [0.29, 0.717) is 0 Å². The third-order valence-electron chi connectivity index (χ3n) is 3.57. The second-order valence-corrected chi connectivity index (χ2v) is 5.96. The summed E-state index contributed by atoms with van der Waals surface area (Å²) in [6.07, 6.45) is 4.81. The van der Waals surface area contributed by atoms with E-state index in [1.165, 1.54) is 30.0 Å². The molecular weight excluding hydrogens is 218 g/mol. The number of aromatic nitrogens is 1. The number of thiazole rings is 1. The molecular formula is C12H21N3S. The molecule has 4 heteroatoms. The van der Waals surface area contributed by atoms with E-state index in [1.807, 2.05) is 0 Å². The van der Waals surface area contributed by atoms with Crippen molar-refractivity contribution >= 4 is 11.3 Å². The first kappa shape index (κ1) is 12.0. The SMILES string of the molecule is CN(C)CCc1nc(C2(CN)CCC2)cs1. The van der Waals surface area contributed by atoms with Gasteiger partial charge in [-0.15, -0.1) is 11.3 Å². The molecule has 0 radical (unpaired) electrons. The van der Waals surface area contributed by atoms with Gasteiger partial charge in [0.05, 0.1) is 10.7 Å². The smallest absolute Gasteiger partial charge is 0.0941 e. The fourth-order valence-electron chi connectivity index (χ4n) is 2.16. The summed E-state index contributed by atoms with van der Waals surface area (Å²) >= 11 is 1.79. The van der Waals surface area contributed by atoms with E-state index < -0.39 is 0 Å². The van der Waals surface area contributed by atoms with Gasteiger partial charge in [0, 0.05) is 30.3 Å². The van der Waals surface area contributed by atoms with Gasteiger partial charge in [-0.2, -0.15) is 0 Å². The van der Waals surface area contributed by atoms with Crippen LogP contribution in [-0.4, -0.2) is 37.1 Å². The largest absolute Gasteiger partial charge is 0.330 e. The van der Waals surface area contributed by atoms with Crippen LogP contribution in [-0.2, 0) is 11.8 Å². The molecule has 2 N–H and O–H groups in total. The van der Waals surface area contributed by atoms with E-state index >= 15 is 0 Å². The number of nitrogens with two attached hydrogens (primary N) is 1. The first-order valence-corrected chi connectivity index (χ1v) is 6.84. The zero-order valence-corrected chi connectivity index (χ0v) is 11.0. The molecule has 90 valence electrons. The predicted molar refractivity (Wildman–Crippen MR) is 69.0 cm³/mol. The summed E-state index contributed by atoms with van der Waals surface area (Å²) in [7, 11) is 4.20. The van der Waals surface area contributed by atoms with E-state index in [4.69, 9.17) is 10.7 Å². The van der Waals surface area contributed by atoms with Crippen molar-refractivity contribution in [2.75, 3.05) is 27.2 Å². The summed E-state index contributed by atoms with van der Waals surface area (Å²) in [6, 6.07) is 0. The topological polar surface area (TPSA) is 42.2 Å². The minimum Gasteiger partial charge on any atom is -0.330 e. The number of rotatable bonds is 5. The van der Waals surface area contributed by atoms with Gasteiger partial charge in [-0.25, -0.2) is 4.98 Å². The third kappa shape index (κ3) is 2.29. The molecule has 0 atom stereocenters. The summed E-state index contributed by atoms with van der Waals surface area (Å²) in [4.78, 5) is 6.96. The fourth-order valence-corrected chi connectivity index (χ4v) is 3.07. The Morgan fingerprint density at radius 2 is 2.25 bits per heavy atom. The van der Waals surface area contributed by atoms with Gasteiger partial charge < -0.3 is 10.6 Å². The van der Waals surface area contributed by atoms with E-state index in [9.17, 15) is 0 Å². The van der Waals surface area contributed by atoms with Crippen LogP contribution in [0.5, 0.6) is 0 Å². The summed E-state index contributed by atoms with van der Waals surface area (Å²) in [5, 5.41) is 3.47. The maximum absolute atomic E-state index is 5.89. The molecule has 0 saturated heterocycles. The van der Waals surface area contributed by atoms with Crippen molar-refractivity contribution in [2.24, 2.45) is 5.73 Å². The normalized spacial score (nSPS) is 18.8. The van der Waals surface area contributed by atoms with Gasteiger partial charge in [0.25, 0.3) is 0 Å². The lowest BCUT2D eigenvalue weighted by molar-refractivity contribution is 0.246. The first-order valence-electron chi connectivity index (χ1n) is 5.96. The van der Waals surface area contributed by atoms with Crippen molar-refractivity contribution in [1.82, 2.24) is 9.88 Å². The molecule has 1 aliphatic carbocycles. The Kier molecular flexibility index (Phi) is 3.62. The Bertz CT molecular complexity index is 336. The molecule has 1 saturated carbocycles. The zero-order chi connectivity index (χ0) is 11.6. The predicted octanol–water partition coefficient (Wildman–Crippen LogP) is 1.63. The van der Waals surface area contributed by atoms with Crippen molar-refractivity contribution in [3.05, 3.63) is 16.1 Å². The van der Waals surface area contributed by atoms with Crippen LogP contribution >= 0.6 is 11.3 Å². The number of nitrogens with zero attached hydrogens (tertiary/aromatic N) is 2. The van der Waals surface area contributed by atoms with Gasteiger partial charge in [0.1, 0.15) is 0 Å². The first-order chi connectivity index (χ1) is 7.66. The highest BCUT2D eigenvalue weighted by atomic mass is 32.1. The molecule has 0 unspecified atom stereocenters. The molecule has 1 aromatic heterocycles. The van der Waals surface area contributed by atoms with Crippen LogP contribution < -0.4 is 5.73 Å². The molecule has 1 aromatic rings. The van der Waals surface area contributed by atoms with E-state index in [0.717, 1.165) is 19.5 Å². The Labute approximate surface area is 102 Å². The maximum Gasteiger partial charge on any atom is 0.0941 e. The average molecular weight is 239 g/mol. The lowest BCUT2D eigenvalue weighted by Crippen LogP contribution is -2.41. The van der Waals surface area contributed by atoms with Crippen LogP contribution in [0, 0.1) is 0 Å². The number of hydrogen-bond acceptors (Lipinski definition) is 4. The van der Waals surface area contributed by atoms with E-state index in [2.05, 4.69) is 24.4 Å². The van der Waals surface area contributed by atoms with Crippen LogP contribution in [0.4, 0.5) is 0 Å². The van der Waals surface area contributed by atoms with E-state index in [-0.39, 0.29) is 5.41 Å². The number of likely N-dealkylation sites (N-methyl/N-ethyl adjacent to an activating group) is 1. The van der Waals surface area contributed by atoms with Crippen molar-refractivity contribution in [1.29, 1.82) is 0 Å². The minimum atomic E-state index is 0.229. The van der Waals surface area contributed by atoms with Crippen LogP contribution in [0.25, 0.3) is 0 Å².